The van der Waals surface area contributed by atoms with Gasteiger partial charge >= 0.3 is 5.97 Å². The second kappa shape index (κ2) is 11.4. The quantitative estimate of drug-likeness (QED) is 0.181. The van der Waals surface area contributed by atoms with Gasteiger partial charge < -0.3 is 9.63 Å². The Kier molecular flexibility index (Phi) is 7.37. The van der Waals surface area contributed by atoms with Gasteiger partial charge in [-0.05, 0) is 65.7 Å². The van der Waals surface area contributed by atoms with Crippen LogP contribution in [0.15, 0.2) is 119 Å². The Morgan fingerprint density at radius 2 is 1.60 bits per heavy atom. The minimum Gasteiger partial charge on any atom is -0.478 e. The number of aromatic nitrogens is 2. The topological polar surface area (TPSA) is 102 Å². The van der Waals surface area contributed by atoms with Crippen molar-refractivity contribution in [1.29, 1.82) is 0 Å². The first kappa shape index (κ1) is 30.3. The molecule has 0 aliphatic rings. The third-order valence-corrected chi connectivity index (χ3v) is 9.93. The molecule has 0 bridgehead atoms. The number of halogens is 4. The molecule has 0 aliphatic carbocycles. The standard InChI is InChI=1S/C35H20ClF3N2O5S/c36-29-16-22(35(42)43)9-13-25(29)20-3-1-4-21(15-20)33-32(26-5-2-6-31-28(26)18-40-46-31)27-17-23(37)10-14-30(27)41(33)47(44,45)24-11-7-19(8-12-24)34(38)39/h1-18,34H,(H,42,43). The van der Waals surface area contributed by atoms with E-state index in [-0.39, 0.29) is 37.6 Å². The third-order valence-electron chi connectivity index (χ3n) is 7.89. The summed E-state index contributed by atoms with van der Waals surface area (Å²) in [7, 11) is -4.51. The van der Waals surface area contributed by atoms with E-state index in [0.717, 1.165) is 34.3 Å². The first-order valence-corrected chi connectivity index (χ1v) is 15.8. The van der Waals surface area contributed by atoms with E-state index in [1.165, 1.54) is 30.5 Å². The third kappa shape index (κ3) is 5.13. The fourth-order valence-electron chi connectivity index (χ4n) is 5.74. The average molecular weight is 673 g/mol. The second-order valence-corrected chi connectivity index (χ2v) is 12.8. The van der Waals surface area contributed by atoms with Gasteiger partial charge in [-0.3, -0.25) is 0 Å². The highest BCUT2D eigenvalue weighted by atomic mass is 35.5. The summed E-state index contributed by atoms with van der Waals surface area (Å²) in [4.78, 5) is 11.2. The highest BCUT2D eigenvalue weighted by molar-refractivity contribution is 7.90. The lowest BCUT2D eigenvalue weighted by molar-refractivity contribution is 0.0696. The fraction of sp³-hybridized carbons (Fsp3) is 0.0286. The van der Waals surface area contributed by atoms with Gasteiger partial charge in [0.15, 0.2) is 5.58 Å². The number of fused-ring (bicyclic) bond motifs is 2. The van der Waals surface area contributed by atoms with E-state index in [1.807, 2.05) is 0 Å². The van der Waals surface area contributed by atoms with E-state index < -0.39 is 28.2 Å². The van der Waals surface area contributed by atoms with Crippen LogP contribution in [0.2, 0.25) is 5.02 Å². The maximum Gasteiger partial charge on any atom is 0.335 e. The molecule has 234 valence electrons. The number of carbonyl (C=O) groups is 1. The lowest BCUT2D eigenvalue weighted by atomic mass is 9.94. The zero-order chi connectivity index (χ0) is 33.0. The molecule has 0 unspecified atom stereocenters. The van der Waals surface area contributed by atoms with Gasteiger partial charge in [-0.25, -0.2) is 30.4 Å². The van der Waals surface area contributed by atoms with Gasteiger partial charge in [0.05, 0.1) is 27.9 Å². The van der Waals surface area contributed by atoms with Crippen LogP contribution < -0.4 is 0 Å². The first-order valence-electron chi connectivity index (χ1n) is 14.0. The van der Waals surface area contributed by atoms with E-state index in [1.54, 1.807) is 48.5 Å². The van der Waals surface area contributed by atoms with Crippen molar-refractivity contribution in [2.45, 2.75) is 11.3 Å². The van der Waals surface area contributed by atoms with Crippen molar-refractivity contribution in [3.05, 3.63) is 131 Å². The van der Waals surface area contributed by atoms with Crippen LogP contribution in [0, 0.1) is 5.82 Å². The molecular weight excluding hydrogens is 653 g/mol. The van der Waals surface area contributed by atoms with Gasteiger partial charge in [-0.15, -0.1) is 0 Å². The van der Waals surface area contributed by atoms with Crippen LogP contribution >= 0.6 is 11.6 Å². The maximum absolute atomic E-state index is 15.0. The van der Waals surface area contributed by atoms with Crippen LogP contribution in [0.3, 0.4) is 0 Å². The molecule has 7 rings (SSSR count). The molecule has 0 atom stereocenters. The van der Waals surface area contributed by atoms with Crippen molar-refractivity contribution in [3.8, 4) is 33.5 Å². The predicted octanol–water partition coefficient (Wildman–Crippen LogP) is 9.45. The molecule has 47 heavy (non-hydrogen) atoms. The molecule has 0 saturated carbocycles. The van der Waals surface area contributed by atoms with Crippen LogP contribution in [0.4, 0.5) is 13.2 Å². The van der Waals surface area contributed by atoms with Gasteiger partial charge in [0, 0.05) is 38.0 Å². The van der Waals surface area contributed by atoms with E-state index in [2.05, 4.69) is 5.16 Å². The minimum atomic E-state index is -4.51. The van der Waals surface area contributed by atoms with Crippen molar-refractivity contribution in [1.82, 2.24) is 9.13 Å². The van der Waals surface area contributed by atoms with Crippen molar-refractivity contribution in [3.63, 3.8) is 0 Å². The van der Waals surface area contributed by atoms with E-state index in [0.29, 0.717) is 38.8 Å². The van der Waals surface area contributed by atoms with E-state index >= 15 is 0 Å². The summed E-state index contributed by atoms with van der Waals surface area (Å²) in [6, 6.07) is 24.2. The lowest BCUT2D eigenvalue weighted by Gasteiger charge is -2.16. The predicted molar refractivity (Wildman–Crippen MR) is 172 cm³/mol. The summed E-state index contributed by atoms with van der Waals surface area (Å²) >= 11 is 6.51. The molecule has 0 amide bonds. The SMILES string of the molecule is O=C(O)c1ccc(-c2cccc(-c3c(-c4cccc5oncc45)c4cc(F)ccc4n3S(=O)(=O)c3ccc(C(F)F)cc3)c2)c(Cl)c1. The molecule has 0 aliphatic heterocycles. The Morgan fingerprint density at radius 3 is 2.32 bits per heavy atom. The molecule has 2 heterocycles. The smallest absolute Gasteiger partial charge is 0.335 e. The van der Waals surface area contributed by atoms with Crippen LogP contribution in [0.25, 0.3) is 55.4 Å². The van der Waals surface area contributed by atoms with Crippen LogP contribution in [0.1, 0.15) is 22.3 Å². The van der Waals surface area contributed by atoms with Crippen LogP contribution in [0.5, 0.6) is 0 Å². The molecule has 5 aromatic carbocycles. The van der Waals surface area contributed by atoms with Crippen molar-refractivity contribution < 1.29 is 36.0 Å². The highest BCUT2D eigenvalue weighted by Gasteiger charge is 2.30. The molecule has 12 heteroatoms. The largest absolute Gasteiger partial charge is 0.478 e. The van der Waals surface area contributed by atoms with Crippen LogP contribution in [-0.4, -0.2) is 28.6 Å². The van der Waals surface area contributed by atoms with Gasteiger partial charge in [0.1, 0.15) is 5.82 Å². The summed E-state index contributed by atoms with van der Waals surface area (Å²) in [5, 5.41) is 14.3. The monoisotopic (exact) mass is 672 g/mol. The Balaban J connectivity index is 1.58. The van der Waals surface area contributed by atoms with Crippen molar-refractivity contribution >= 4 is 49.5 Å². The molecule has 0 fully saturated rings. The zero-order valence-corrected chi connectivity index (χ0v) is 25.4. The maximum atomic E-state index is 15.0. The first-order chi connectivity index (χ1) is 22.5. The summed E-state index contributed by atoms with van der Waals surface area (Å²) in [5.74, 6) is -1.76. The number of carboxylic acid groups (broad SMARTS) is 1. The van der Waals surface area contributed by atoms with Crippen molar-refractivity contribution in [2.75, 3.05) is 0 Å². The van der Waals surface area contributed by atoms with Gasteiger partial charge in [-0.1, -0.05) is 65.3 Å². The summed E-state index contributed by atoms with van der Waals surface area (Å²) in [5.41, 5.74) is 2.61. The van der Waals surface area contributed by atoms with E-state index in [9.17, 15) is 31.5 Å². The number of aromatic carboxylic acids is 1. The number of hydrogen-bond acceptors (Lipinski definition) is 5. The van der Waals surface area contributed by atoms with Gasteiger partial charge in [-0.2, -0.15) is 0 Å². The summed E-state index contributed by atoms with van der Waals surface area (Å²) in [6.07, 6.45) is -1.32. The average Bonchev–Trinajstić information content (AvgIpc) is 3.68. The number of benzene rings is 5. The van der Waals surface area contributed by atoms with E-state index in [4.69, 9.17) is 16.1 Å². The molecule has 7 nitrogen and oxygen atoms in total. The molecule has 0 radical (unpaired) electrons. The number of hydrogen-bond donors (Lipinski definition) is 1. The normalized spacial score (nSPS) is 11.9. The number of carboxylic acids is 1. The number of rotatable bonds is 7. The number of nitrogens with zero attached hydrogens (tertiary/aromatic N) is 2. The highest BCUT2D eigenvalue weighted by Crippen LogP contribution is 2.46. The Hall–Kier alpha value is -5.39. The van der Waals surface area contributed by atoms with Crippen LogP contribution in [-0.2, 0) is 10.0 Å². The van der Waals surface area contributed by atoms with Crippen molar-refractivity contribution in [2.24, 2.45) is 0 Å². The molecular formula is C35H20ClF3N2O5S. The lowest BCUT2D eigenvalue weighted by Crippen LogP contribution is -2.14. The molecule has 7 aromatic rings. The zero-order valence-electron chi connectivity index (χ0n) is 23.9. The molecule has 0 saturated heterocycles. The molecule has 0 spiro atoms. The fourth-order valence-corrected chi connectivity index (χ4v) is 7.57. The Morgan fingerprint density at radius 1 is 0.851 bits per heavy atom. The number of alkyl halides is 2. The summed E-state index contributed by atoms with van der Waals surface area (Å²) in [6.45, 7) is 0. The second-order valence-electron chi connectivity index (χ2n) is 10.6. The minimum absolute atomic E-state index is 0.00915. The van der Waals surface area contributed by atoms with Gasteiger partial charge in [0.25, 0.3) is 16.4 Å². The Bertz CT molecular complexity index is 2470. The molecule has 2 aromatic heterocycles. The molecule has 1 N–H and O–H groups in total. The van der Waals surface area contributed by atoms with Gasteiger partial charge in [0.2, 0.25) is 0 Å². The summed E-state index contributed by atoms with van der Waals surface area (Å²) < 4.78 is 77.3. The Labute approximate surface area is 270 Å².